The molecule has 94 valence electrons. The Kier molecular flexibility index (Phi) is 4.33. The fraction of sp³-hybridized carbons (Fsp3) is 0.917. The first kappa shape index (κ1) is 13.5. The van der Waals surface area contributed by atoms with E-state index in [0.29, 0.717) is 6.54 Å². The number of aliphatic hydroxyl groups is 1. The molecular weight excluding hydrogens is 206 g/mol. The van der Waals surface area contributed by atoms with Gasteiger partial charge in [0.05, 0.1) is 17.6 Å². The molecular formula is C12H23NO3. The Morgan fingerprint density at radius 3 is 2.50 bits per heavy atom. The van der Waals surface area contributed by atoms with Gasteiger partial charge in [-0.2, -0.15) is 0 Å². The normalized spacial score (nSPS) is 19.8. The Morgan fingerprint density at radius 2 is 2.00 bits per heavy atom. The lowest BCUT2D eigenvalue weighted by atomic mass is 9.97. The van der Waals surface area contributed by atoms with Crippen LogP contribution in [0, 0.1) is 0 Å². The van der Waals surface area contributed by atoms with E-state index in [4.69, 9.17) is 4.74 Å². The van der Waals surface area contributed by atoms with Crippen LogP contribution in [0.5, 0.6) is 0 Å². The van der Waals surface area contributed by atoms with Crippen LogP contribution in [-0.4, -0.2) is 35.9 Å². The lowest BCUT2D eigenvalue weighted by molar-refractivity contribution is -0.127. The summed E-state index contributed by atoms with van der Waals surface area (Å²) in [6, 6.07) is 0. The summed E-state index contributed by atoms with van der Waals surface area (Å²) in [6.45, 7) is 4.30. The molecule has 0 atom stereocenters. The van der Waals surface area contributed by atoms with Gasteiger partial charge in [-0.15, -0.1) is 0 Å². The molecule has 1 amide bonds. The lowest BCUT2D eigenvalue weighted by Crippen LogP contribution is -2.42. The van der Waals surface area contributed by atoms with Gasteiger partial charge in [0.1, 0.15) is 0 Å². The average molecular weight is 229 g/mol. The molecule has 0 heterocycles. The summed E-state index contributed by atoms with van der Waals surface area (Å²) < 4.78 is 5.21. The van der Waals surface area contributed by atoms with Crippen molar-refractivity contribution in [3.8, 4) is 0 Å². The highest BCUT2D eigenvalue weighted by molar-refractivity contribution is 5.77. The zero-order valence-electron chi connectivity index (χ0n) is 10.5. The molecule has 4 heteroatoms. The smallest absolute Gasteiger partial charge is 0.222 e. The number of carbonyl (C=O) groups is 1. The summed E-state index contributed by atoms with van der Waals surface area (Å²) >= 11 is 0. The van der Waals surface area contributed by atoms with Gasteiger partial charge in [-0.1, -0.05) is 12.8 Å². The molecule has 1 fully saturated rings. The molecule has 4 nitrogen and oxygen atoms in total. The van der Waals surface area contributed by atoms with Crippen LogP contribution in [0.2, 0.25) is 0 Å². The Bertz CT molecular complexity index is 245. The predicted molar refractivity (Wildman–Crippen MR) is 62.1 cm³/mol. The van der Waals surface area contributed by atoms with Crippen molar-refractivity contribution in [1.82, 2.24) is 5.32 Å². The van der Waals surface area contributed by atoms with E-state index in [1.807, 2.05) is 13.8 Å². The van der Waals surface area contributed by atoms with E-state index in [1.54, 1.807) is 7.11 Å². The van der Waals surface area contributed by atoms with Crippen molar-refractivity contribution >= 4 is 5.91 Å². The molecule has 0 aliphatic heterocycles. The molecule has 1 saturated carbocycles. The minimum absolute atomic E-state index is 0.0884. The summed E-state index contributed by atoms with van der Waals surface area (Å²) in [5.41, 5.74) is -1.12. The van der Waals surface area contributed by atoms with Gasteiger partial charge in [0.25, 0.3) is 0 Å². The number of methoxy groups -OCH3 is 1. The van der Waals surface area contributed by atoms with Gasteiger partial charge in [-0.05, 0) is 26.7 Å². The molecule has 1 rings (SSSR count). The van der Waals surface area contributed by atoms with Crippen molar-refractivity contribution in [2.45, 2.75) is 57.2 Å². The Hall–Kier alpha value is -0.610. The van der Waals surface area contributed by atoms with E-state index < -0.39 is 5.60 Å². The summed E-state index contributed by atoms with van der Waals surface area (Å²) in [4.78, 5) is 11.6. The van der Waals surface area contributed by atoms with Crippen LogP contribution >= 0.6 is 0 Å². The zero-order chi connectivity index (χ0) is 12.2. The summed E-state index contributed by atoms with van der Waals surface area (Å²) in [5.74, 6) is -0.0884. The number of ether oxygens (including phenoxy) is 1. The highest BCUT2D eigenvalue weighted by Crippen LogP contribution is 2.32. The Morgan fingerprint density at radius 1 is 1.44 bits per heavy atom. The summed E-state index contributed by atoms with van der Waals surface area (Å²) in [5, 5.41) is 12.9. The molecule has 0 bridgehead atoms. The van der Waals surface area contributed by atoms with Gasteiger partial charge in [-0.25, -0.2) is 0 Å². The van der Waals surface area contributed by atoms with E-state index in [2.05, 4.69) is 5.32 Å². The molecule has 0 aromatic heterocycles. The van der Waals surface area contributed by atoms with Crippen molar-refractivity contribution in [1.29, 1.82) is 0 Å². The van der Waals surface area contributed by atoms with Crippen molar-refractivity contribution < 1.29 is 14.6 Å². The molecule has 1 aliphatic carbocycles. The quantitative estimate of drug-likeness (QED) is 0.745. The second-order valence-electron chi connectivity index (χ2n) is 5.35. The van der Waals surface area contributed by atoms with Crippen molar-refractivity contribution in [2.24, 2.45) is 0 Å². The average Bonchev–Trinajstić information content (AvgIpc) is 2.62. The number of nitrogens with one attached hydrogen (secondary N) is 1. The first-order chi connectivity index (χ1) is 7.37. The van der Waals surface area contributed by atoms with Crippen LogP contribution in [0.25, 0.3) is 0 Å². The third-order valence-electron chi connectivity index (χ3n) is 3.29. The van der Waals surface area contributed by atoms with Crippen LogP contribution in [0.1, 0.15) is 46.0 Å². The first-order valence-electron chi connectivity index (χ1n) is 5.91. The minimum atomic E-state index is -0.763. The van der Waals surface area contributed by atoms with Gasteiger partial charge in [-0.3, -0.25) is 4.79 Å². The minimum Gasteiger partial charge on any atom is -0.389 e. The fourth-order valence-electron chi connectivity index (χ4n) is 1.95. The van der Waals surface area contributed by atoms with Gasteiger partial charge in [0.2, 0.25) is 5.91 Å². The van der Waals surface area contributed by atoms with E-state index in [1.165, 1.54) is 0 Å². The lowest BCUT2D eigenvalue weighted by Gasteiger charge is -2.25. The maximum absolute atomic E-state index is 11.6. The zero-order valence-corrected chi connectivity index (χ0v) is 10.5. The standard InChI is InChI=1S/C12H23NO3/c1-11(2,16-3)9-13-10(14)8-12(15)6-4-5-7-12/h15H,4-9H2,1-3H3,(H,13,14). The summed E-state index contributed by atoms with van der Waals surface area (Å²) in [7, 11) is 1.62. The number of rotatable bonds is 5. The maximum atomic E-state index is 11.6. The molecule has 0 spiro atoms. The van der Waals surface area contributed by atoms with Crippen LogP contribution in [0.3, 0.4) is 0 Å². The molecule has 0 saturated heterocycles. The van der Waals surface area contributed by atoms with Gasteiger partial charge < -0.3 is 15.2 Å². The van der Waals surface area contributed by atoms with E-state index in [-0.39, 0.29) is 17.9 Å². The SMILES string of the molecule is COC(C)(C)CNC(=O)CC1(O)CCCC1. The number of hydrogen-bond acceptors (Lipinski definition) is 3. The molecule has 0 aromatic rings. The molecule has 0 unspecified atom stereocenters. The van der Waals surface area contributed by atoms with E-state index in [9.17, 15) is 9.90 Å². The predicted octanol–water partition coefficient (Wildman–Crippen LogP) is 1.22. The molecule has 2 N–H and O–H groups in total. The fourth-order valence-corrected chi connectivity index (χ4v) is 1.95. The third kappa shape index (κ3) is 4.10. The Labute approximate surface area is 97.4 Å². The van der Waals surface area contributed by atoms with Crippen LogP contribution in [0.15, 0.2) is 0 Å². The molecule has 0 aromatic carbocycles. The second-order valence-corrected chi connectivity index (χ2v) is 5.35. The molecule has 0 radical (unpaired) electrons. The van der Waals surface area contributed by atoms with Gasteiger partial charge in [0, 0.05) is 13.7 Å². The number of carbonyl (C=O) groups excluding carboxylic acids is 1. The monoisotopic (exact) mass is 229 g/mol. The molecule has 16 heavy (non-hydrogen) atoms. The van der Waals surface area contributed by atoms with Crippen LogP contribution in [0.4, 0.5) is 0 Å². The number of hydrogen-bond donors (Lipinski definition) is 2. The highest BCUT2D eigenvalue weighted by atomic mass is 16.5. The number of amides is 1. The largest absolute Gasteiger partial charge is 0.389 e. The Balaban J connectivity index is 2.31. The van der Waals surface area contributed by atoms with Gasteiger partial charge in [0.15, 0.2) is 0 Å². The van der Waals surface area contributed by atoms with Crippen molar-refractivity contribution in [3.05, 3.63) is 0 Å². The highest BCUT2D eigenvalue weighted by Gasteiger charge is 2.33. The first-order valence-corrected chi connectivity index (χ1v) is 5.91. The summed E-state index contributed by atoms with van der Waals surface area (Å²) in [6.07, 6.45) is 3.75. The van der Waals surface area contributed by atoms with Crippen molar-refractivity contribution in [3.63, 3.8) is 0 Å². The van der Waals surface area contributed by atoms with E-state index >= 15 is 0 Å². The maximum Gasteiger partial charge on any atom is 0.222 e. The van der Waals surface area contributed by atoms with Crippen molar-refractivity contribution in [2.75, 3.05) is 13.7 Å². The third-order valence-corrected chi connectivity index (χ3v) is 3.29. The van der Waals surface area contributed by atoms with Crippen LogP contribution in [-0.2, 0) is 9.53 Å². The second kappa shape index (κ2) is 5.15. The van der Waals surface area contributed by atoms with Crippen LogP contribution < -0.4 is 5.32 Å². The van der Waals surface area contributed by atoms with E-state index in [0.717, 1.165) is 25.7 Å². The topological polar surface area (TPSA) is 58.6 Å². The van der Waals surface area contributed by atoms with Gasteiger partial charge >= 0.3 is 0 Å². The molecule has 1 aliphatic rings.